The Morgan fingerprint density at radius 1 is 1.33 bits per heavy atom. The van der Waals surface area contributed by atoms with E-state index in [2.05, 4.69) is 15.0 Å². The van der Waals surface area contributed by atoms with Gasteiger partial charge in [0.25, 0.3) is 5.56 Å². The third-order valence-electron chi connectivity index (χ3n) is 5.61. The number of hydrogen-bond donors (Lipinski definition) is 1. The fourth-order valence-corrected chi connectivity index (χ4v) is 5.09. The van der Waals surface area contributed by atoms with E-state index in [9.17, 15) is 27.6 Å². The maximum absolute atomic E-state index is 13.2. The van der Waals surface area contributed by atoms with Crippen molar-refractivity contribution in [3.05, 3.63) is 31.3 Å². The molecule has 0 radical (unpaired) electrons. The Balaban J connectivity index is 1.77. The van der Waals surface area contributed by atoms with Crippen molar-refractivity contribution in [2.24, 2.45) is 4.99 Å². The molecule has 0 aromatic carbocycles. The average molecular weight is 489 g/mol. The highest BCUT2D eigenvalue weighted by Crippen LogP contribution is 2.31. The zero-order valence-electron chi connectivity index (χ0n) is 17.9. The number of fused-ring (bicyclic) bond motifs is 1. The first-order valence-electron chi connectivity index (χ1n) is 10.2. The van der Waals surface area contributed by atoms with Crippen LogP contribution in [0.25, 0.3) is 10.2 Å². The Bertz CT molecular complexity index is 1230. The van der Waals surface area contributed by atoms with Gasteiger partial charge in [-0.1, -0.05) is 0 Å². The number of carbonyl (C=O) groups excluding carboxylic acids is 1. The minimum Gasteiger partial charge on any atom is -0.453 e. The number of aromatic nitrogens is 2. The molecule has 2 aromatic heterocycles. The van der Waals surface area contributed by atoms with Crippen molar-refractivity contribution in [1.82, 2.24) is 19.4 Å². The van der Waals surface area contributed by atoms with Crippen molar-refractivity contribution in [1.29, 1.82) is 0 Å². The molecule has 0 spiro atoms. The molecule has 1 amide bonds. The molecule has 2 aromatic rings. The summed E-state index contributed by atoms with van der Waals surface area (Å²) in [7, 11) is 1.23. The third kappa shape index (κ3) is 4.49. The van der Waals surface area contributed by atoms with E-state index in [0.29, 0.717) is 29.5 Å². The Morgan fingerprint density at radius 3 is 2.67 bits per heavy atom. The number of rotatable bonds is 5. The maximum atomic E-state index is 13.2. The van der Waals surface area contributed by atoms with E-state index in [0.717, 1.165) is 20.5 Å². The van der Waals surface area contributed by atoms with Gasteiger partial charge in [-0.25, -0.2) is 9.59 Å². The van der Waals surface area contributed by atoms with Crippen LogP contribution in [0.1, 0.15) is 22.9 Å². The second kappa shape index (κ2) is 8.82. The number of halogens is 3. The summed E-state index contributed by atoms with van der Waals surface area (Å²) < 4.78 is 50.6. The second-order valence-corrected chi connectivity index (χ2v) is 8.82. The predicted octanol–water partition coefficient (Wildman–Crippen LogP) is 1.58. The van der Waals surface area contributed by atoms with Crippen LogP contribution >= 0.6 is 11.3 Å². The van der Waals surface area contributed by atoms with Crippen molar-refractivity contribution in [3.8, 4) is 0 Å². The zero-order chi connectivity index (χ0) is 23.9. The number of aryl methyl sites for hydroxylation is 2. The number of guanidine groups is 1. The standard InChI is InChI=1S/C19H22F3N5O5S/c1-10-12(7-25-6-4-23-16(25)24-17(29)31-2)33-15-13(10)14(28)27(11-8-32-9-11)18(30)26(15)5-3-19(20,21)22/h11H,3-9H2,1-2H3,(H,23,24,29). The number of aliphatic imine (C=N–C) groups is 1. The highest BCUT2D eigenvalue weighted by atomic mass is 32.1. The van der Waals surface area contributed by atoms with E-state index in [1.54, 1.807) is 11.8 Å². The van der Waals surface area contributed by atoms with Crippen molar-refractivity contribution in [2.75, 3.05) is 33.4 Å². The number of thiophene rings is 1. The minimum atomic E-state index is -4.46. The molecule has 180 valence electrons. The van der Waals surface area contributed by atoms with Gasteiger partial charge in [-0.05, 0) is 12.5 Å². The largest absolute Gasteiger partial charge is 0.453 e. The molecule has 33 heavy (non-hydrogen) atoms. The summed E-state index contributed by atoms with van der Waals surface area (Å²) in [6.07, 6.45) is -6.33. The number of nitrogens with one attached hydrogen (secondary N) is 1. The van der Waals surface area contributed by atoms with Crippen LogP contribution < -0.4 is 16.6 Å². The van der Waals surface area contributed by atoms with Gasteiger partial charge in [0.1, 0.15) is 4.83 Å². The fraction of sp³-hybridized carbons (Fsp3) is 0.579. The topological polar surface area (TPSA) is 107 Å². The lowest BCUT2D eigenvalue weighted by molar-refractivity contribution is -0.136. The molecule has 0 unspecified atom stereocenters. The van der Waals surface area contributed by atoms with Gasteiger partial charge in [0.2, 0.25) is 5.96 Å². The minimum absolute atomic E-state index is 0.156. The molecule has 10 nitrogen and oxygen atoms in total. The van der Waals surface area contributed by atoms with Gasteiger partial charge >= 0.3 is 18.0 Å². The first-order valence-corrected chi connectivity index (χ1v) is 11.0. The van der Waals surface area contributed by atoms with Gasteiger partial charge in [0, 0.05) is 18.0 Å². The van der Waals surface area contributed by atoms with Crippen LogP contribution in [0.3, 0.4) is 0 Å². The quantitative estimate of drug-likeness (QED) is 0.684. The van der Waals surface area contributed by atoms with Gasteiger partial charge < -0.3 is 14.4 Å². The molecule has 2 aliphatic rings. The molecule has 0 bridgehead atoms. The molecule has 1 saturated heterocycles. The van der Waals surface area contributed by atoms with Gasteiger partial charge in [-0.2, -0.15) is 13.2 Å². The molecular formula is C19H22F3N5O5S. The summed E-state index contributed by atoms with van der Waals surface area (Å²) in [5.74, 6) is 0.303. The maximum Gasteiger partial charge on any atom is 0.413 e. The normalized spacial score (nSPS) is 16.8. The number of methoxy groups -OCH3 is 1. The van der Waals surface area contributed by atoms with Crippen LogP contribution in [0.2, 0.25) is 0 Å². The number of alkyl carbamates (subject to hydrolysis) is 1. The summed E-state index contributed by atoms with van der Waals surface area (Å²) in [5.41, 5.74) is -0.720. The van der Waals surface area contributed by atoms with Crippen LogP contribution in [-0.2, 0) is 22.6 Å². The smallest absolute Gasteiger partial charge is 0.413 e. The highest BCUT2D eigenvalue weighted by molar-refractivity contribution is 7.18. The van der Waals surface area contributed by atoms with E-state index in [4.69, 9.17) is 4.74 Å². The van der Waals surface area contributed by atoms with Crippen LogP contribution in [-0.4, -0.2) is 65.7 Å². The van der Waals surface area contributed by atoms with Crippen molar-refractivity contribution < 1.29 is 27.4 Å². The van der Waals surface area contributed by atoms with Crippen molar-refractivity contribution >= 4 is 33.6 Å². The summed E-state index contributed by atoms with van der Waals surface area (Å²) in [5, 5.41) is 2.74. The van der Waals surface area contributed by atoms with Gasteiger partial charge in [-0.3, -0.25) is 24.2 Å². The molecule has 2 aliphatic heterocycles. The lowest BCUT2D eigenvalue weighted by Crippen LogP contribution is -2.48. The highest BCUT2D eigenvalue weighted by Gasteiger charge is 2.32. The van der Waals surface area contributed by atoms with Gasteiger partial charge in [-0.15, -0.1) is 11.3 Å². The monoisotopic (exact) mass is 489 g/mol. The third-order valence-corrected chi connectivity index (χ3v) is 6.91. The number of ether oxygens (including phenoxy) is 2. The molecule has 4 heterocycles. The van der Waals surface area contributed by atoms with Crippen LogP contribution in [0.5, 0.6) is 0 Å². The Hall–Kier alpha value is -2.87. The molecule has 1 fully saturated rings. The van der Waals surface area contributed by atoms with Gasteiger partial charge in [0.05, 0.1) is 51.3 Å². The van der Waals surface area contributed by atoms with Crippen molar-refractivity contribution in [3.63, 3.8) is 0 Å². The molecular weight excluding hydrogens is 467 g/mol. The Labute approximate surface area is 189 Å². The summed E-state index contributed by atoms with van der Waals surface area (Å²) in [4.78, 5) is 44.7. The Kier molecular flexibility index (Phi) is 6.22. The second-order valence-electron chi connectivity index (χ2n) is 7.74. The SMILES string of the molecule is COC(=O)NC1=NCCN1Cc1sc2c(c1C)c(=O)n(C1COC1)c(=O)n2CCC(F)(F)F. The van der Waals surface area contributed by atoms with Crippen molar-refractivity contribution in [2.45, 2.75) is 38.7 Å². The number of hydrogen-bond acceptors (Lipinski definition) is 8. The Morgan fingerprint density at radius 2 is 2.06 bits per heavy atom. The molecule has 1 N–H and O–H groups in total. The molecule has 0 atom stereocenters. The summed E-state index contributed by atoms with van der Waals surface area (Å²) in [6.45, 7) is 2.62. The van der Waals surface area contributed by atoms with E-state index in [1.165, 1.54) is 7.11 Å². The predicted molar refractivity (Wildman–Crippen MR) is 114 cm³/mol. The summed E-state index contributed by atoms with van der Waals surface area (Å²) in [6, 6.07) is -0.504. The number of carbonyl (C=O) groups is 1. The van der Waals surface area contributed by atoms with Gasteiger partial charge in [0.15, 0.2) is 0 Å². The zero-order valence-corrected chi connectivity index (χ0v) is 18.7. The molecule has 0 saturated carbocycles. The number of alkyl halides is 3. The molecule has 0 aliphatic carbocycles. The van der Waals surface area contributed by atoms with Crippen LogP contribution in [0, 0.1) is 6.92 Å². The van der Waals surface area contributed by atoms with Crippen LogP contribution in [0.4, 0.5) is 18.0 Å². The van der Waals surface area contributed by atoms with E-state index in [1.807, 2.05) is 0 Å². The number of amides is 1. The average Bonchev–Trinajstić information content (AvgIpc) is 3.27. The molecule has 4 rings (SSSR count). The van der Waals surface area contributed by atoms with E-state index < -0.39 is 42.5 Å². The van der Waals surface area contributed by atoms with Crippen LogP contribution in [0.15, 0.2) is 14.6 Å². The van der Waals surface area contributed by atoms with E-state index in [-0.39, 0.29) is 30.0 Å². The lowest BCUT2D eigenvalue weighted by atomic mass is 10.2. The number of nitrogens with zero attached hydrogens (tertiary/aromatic N) is 4. The van der Waals surface area contributed by atoms with E-state index >= 15 is 0 Å². The first kappa shape index (κ1) is 23.3. The molecule has 14 heteroatoms. The first-order chi connectivity index (χ1) is 15.6. The summed E-state index contributed by atoms with van der Waals surface area (Å²) >= 11 is 1.10. The lowest BCUT2D eigenvalue weighted by Gasteiger charge is -2.28. The fourth-order valence-electron chi connectivity index (χ4n) is 3.76.